The minimum absolute atomic E-state index is 0.00263. The summed E-state index contributed by atoms with van der Waals surface area (Å²) in [6.45, 7) is 4.30. The Morgan fingerprint density at radius 1 is 1.03 bits per heavy atom. The van der Waals surface area contributed by atoms with Gasteiger partial charge in [-0.25, -0.2) is 4.98 Å². The fraction of sp³-hybridized carbons (Fsp3) is 0.207. The Morgan fingerprint density at radius 3 is 2.60 bits per heavy atom. The van der Waals surface area contributed by atoms with Crippen LogP contribution in [0.3, 0.4) is 0 Å². The van der Waals surface area contributed by atoms with Crippen LogP contribution in [0.1, 0.15) is 38.9 Å². The molecule has 1 atom stereocenters. The highest BCUT2D eigenvalue weighted by Crippen LogP contribution is 2.25. The predicted octanol–water partition coefficient (Wildman–Crippen LogP) is 4.33. The summed E-state index contributed by atoms with van der Waals surface area (Å²) < 4.78 is 0. The number of carbonyl (C=O) groups excluding carboxylic acids is 1. The van der Waals surface area contributed by atoms with Gasteiger partial charge in [-0.05, 0) is 41.8 Å². The fourth-order valence-electron chi connectivity index (χ4n) is 4.45. The molecule has 0 amide bonds. The molecule has 35 heavy (non-hydrogen) atoms. The number of hydrogen-bond acceptors (Lipinski definition) is 6. The number of aromatic nitrogens is 2. The molecule has 2 N–H and O–H groups in total. The number of pyridine rings is 2. The SMILES string of the molecule is Cc1ncc(-c2ccc(CO)cc2)cc1C(=O)c1cccc(N2CCNC(c3ccccc3)C2)n1. The van der Waals surface area contributed by atoms with Gasteiger partial charge in [0.05, 0.1) is 6.61 Å². The number of anilines is 1. The standard InChI is InChI=1S/C29H28N4O2/c1-20-25(16-24(17-31-20)22-12-10-21(19-34)11-13-22)29(35)26-8-5-9-28(32-26)33-15-14-30-27(18-33)23-6-3-2-4-7-23/h2-13,16-17,27,30,34H,14-15,18-19H2,1H3. The van der Waals surface area contributed by atoms with Crippen LogP contribution >= 0.6 is 0 Å². The minimum Gasteiger partial charge on any atom is -0.392 e. The predicted molar refractivity (Wildman–Crippen MR) is 137 cm³/mol. The fourth-order valence-corrected chi connectivity index (χ4v) is 4.45. The van der Waals surface area contributed by atoms with Crippen molar-refractivity contribution in [3.05, 3.63) is 113 Å². The van der Waals surface area contributed by atoms with E-state index in [2.05, 4.69) is 39.5 Å². The molecule has 0 saturated carbocycles. The third kappa shape index (κ3) is 4.99. The molecule has 0 aliphatic carbocycles. The van der Waals surface area contributed by atoms with Crippen molar-refractivity contribution in [3.63, 3.8) is 0 Å². The summed E-state index contributed by atoms with van der Waals surface area (Å²) in [6.07, 6.45) is 1.77. The van der Waals surface area contributed by atoms with Crippen LogP contribution < -0.4 is 10.2 Å². The van der Waals surface area contributed by atoms with Gasteiger partial charge >= 0.3 is 0 Å². The first kappa shape index (κ1) is 22.9. The molecule has 1 aliphatic rings. The largest absolute Gasteiger partial charge is 0.392 e. The zero-order chi connectivity index (χ0) is 24.2. The van der Waals surface area contributed by atoms with Gasteiger partial charge in [0, 0.05) is 48.7 Å². The lowest BCUT2D eigenvalue weighted by molar-refractivity contribution is 0.103. The van der Waals surface area contributed by atoms with Crippen LogP contribution in [0.15, 0.2) is 85.1 Å². The maximum absolute atomic E-state index is 13.5. The zero-order valence-electron chi connectivity index (χ0n) is 19.7. The summed E-state index contributed by atoms with van der Waals surface area (Å²) >= 11 is 0. The highest BCUT2D eigenvalue weighted by Gasteiger charge is 2.23. The van der Waals surface area contributed by atoms with E-state index in [0.717, 1.165) is 42.1 Å². The second-order valence-corrected chi connectivity index (χ2v) is 8.79. The third-order valence-electron chi connectivity index (χ3n) is 6.47. The van der Waals surface area contributed by atoms with Gasteiger partial charge in [-0.3, -0.25) is 9.78 Å². The second-order valence-electron chi connectivity index (χ2n) is 8.79. The number of carbonyl (C=O) groups is 1. The Kier molecular flexibility index (Phi) is 6.66. The number of benzene rings is 2. The highest BCUT2D eigenvalue weighted by atomic mass is 16.3. The van der Waals surface area contributed by atoms with Crippen LogP contribution in [-0.2, 0) is 6.61 Å². The topological polar surface area (TPSA) is 78.4 Å². The molecule has 4 aromatic rings. The van der Waals surface area contributed by atoms with Crippen LogP contribution in [-0.4, -0.2) is 40.5 Å². The zero-order valence-corrected chi connectivity index (χ0v) is 19.7. The molecule has 0 spiro atoms. The highest BCUT2D eigenvalue weighted by molar-refractivity contribution is 6.09. The van der Waals surface area contributed by atoms with Crippen molar-refractivity contribution in [1.29, 1.82) is 0 Å². The Labute approximate surface area is 205 Å². The molecule has 1 fully saturated rings. The first-order valence-electron chi connectivity index (χ1n) is 11.8. The van der Waals surface area contributed by atoms with Gasteiger partial charge < -0.3 is 15.3 Å². The Morgan fingerprint density at radius 2 is 1.83 bits per heavy atom. The summed E-state index contributed by atoms with van der Waals surface area (Å²) in [5.41, 5.74) is 5.51. The molecule has 1 saturated heterocycles. The molecule has 1 unspecified atom stereocenters. The summed E-state index contributed by atoms with van der Waals surface area (Å²) in [5, 5.41) is 12.9. The molecule has 2 aromatic heterocycles. The average molecular weight is 465 g/mol. The Hall–Kier alpha value is -3.87. The van der Waals surface area contributed by atoms with E-state index in [0.29, 0.717) is 17.0 Å². The lowest BCUT2D eigenvalue weighted by atomic mass is 10.00. The van der Waals surface area contributed by atoms with E-state index in [-0.39, 0.29) is 18.4 Å². The normalized spacial score (nSPS) is 15.7. The van der Waals surface area contributed by atoms with Crippen molar-refractivity contribution in [2.45, 2.75) is 19.6 Å². The molecule has 0 bridgehead atoms. The molecule has 6 heteroatoms. The monoisotopic (exact) mass is 464 g/mol. The first-order chi connectivity index (χ1) is 17.1. The lowest BCUT2D eigenvalue weighted by Gasteiger charge is -2.35. The number of aliphatic hydroxyl groups is 1. The number of nitrogens with zero attached hydrogens (tertiary/aromatic N) is 3. The molecule has 0 radical (unpaired) electrons. The molecular formula is C29H28N4O2. The van der Waals surface area contributed by atoms with Crippen LogP contribution in [0.4, 0.5) is 5.82 Å². The van der Waals surface area contributed by atoms with Crippen molar-refractivity contribution in [2.24, 2.45) is 0 Å². The van der Waals surface area contributed by atoms with Gasteiger partial charge in [-0.1, -0.05) is 60.7 Å². The number of aliphatic hydroxyl groups excluding tert-OH is 1. The molecule has 5 rings (SSSR count). The molecular weight excluding hydrogens is 436 g/mol. The van der Waals surface area contributed by atoms with Crippen molar-refractivity contribution in [1.82, 2.24) is 15.3 Å². The Balaban J connectivity index is 1.40. The number of rotatable bonds is 6. The summed E-state index contributed by atoms with van der Waals surface area (Å²) in [4.78, 5) is 25.0. The molecule has 176 valence electrons. The number of ketones is 1. The van der Waals surface area contributed by atoms with Crippen LogP contribution in [0, 0.1) is 6.92 Å². The summed E-state index contributed by atoms with van der Waals surface area (Å²) in [6, 6.07) is 25.7. The van der Waals surface area contributed by atoms with Gasteiger partial charge in [-0.15, -0.1) is 0 Å². The van der Waals surface area contributed by atoms with Crippen molar-refractivity contribution in [2.75, 3.05) is 24.5 Å². The van der Waals surface area contributed by atoms with Crippen LogP contribution in [0.25, 0.3) is 11.1 Å². The second kappa shape index (κ2) is 10.2. The quantitative estimate of drug-likeness (QED) is 0.414. The Bertz CT molecular complexity index is 1320. The summed E-state index contributed by atoms with van der Waals surface area (Å²) in [7, 11) is 0. The number of hydrogen-bond donors (Lipinski definition) is 2. The van der Waals surface area contributed by atoms with Crippen LogP contribution in [0.2, 0.25) is 0 Å². The van der Waals surface area contributed by atoms with E-state index in [4.69, 9.17) is 4.98 Å². The number of aryl methyl sites for hydroxylation is 1. The average Bonchev–Trinajstić information content (AvgIpc) is 2.93. The molecule has 3 heterocycles. The van der Waals surface area contributed by atoms with Gasteiger partial charge in [0.15, 0.2) is 0 Å². The van der Waals surface area contributed by atoms with E-state index < -0.39 is 0 Å². The molecule has 2 aromatic carbocycles. The molecule has 6 nitrogen and oxygen atoms in total. The number of nitrogens with one attached hydrogen (secondary N) is 1. The van der Waals surface area contributed by atoms with Gasteiger partial charge in [0.25, 0.3) is 0 Å². The van der Waals surface area contributed by atoms with Crippen molar-refractivity contribution < 1.29 is 9.90 Å². The smallest absolute Gasteiger partial charge is 0.213 e. The molecule has 1 aliphatic heterocycles. The van der Waals surface area contributed by atoms with Gasteiger partial charge in [0.1, 0.15) is 11.5 Å². The third-order valence-corrected chi connectivity index (χ3v) is 6.47. The lowest BCUT2D eigenvalue weighted by Crippen LogP contribution is -2.46. The first-order valence-corrected chi connectivity index (χ1v) is 11.8. The number of piperazine rings is 1. The maximum atomic E-state index is 13.5. The van der Waals surface area contributed by atoms with E-state index in [1.807, 2.05) is 55.5 Å². The van der Waals surface area contributed by atoms with E-state index in [9.17, 15) is 9.90 Å². The van der Waals surface area contributed by atoms with E-state index in [1.165, 1.54) is 5.56 Å². The van der Waals surface area contributed by atoms with Gasteiger partial charge in [0.2, 0.25) is 5.78 Å². The van der Waals surface area contributed by atoms with E-state index >= 15 is 0 Å². The van der Waals surface area contributed by atoms with Crippen molar-refractivity contribution in [3.8, 4) is 11.1 Å². The van der Waals surface area contributed by atoms with Gasteiger partial charge in [-0.2, -0.15) is 0 Å². The van der Waals surface area contributed by atoms with Crippen molar-refractivity contribution >= 4 is 11.6 Å². The maximum Gasteiger partial charge on any atom is 0.213 e. The van der Waals surface area contributed by atoms with Crippen LogP contribution in [0.5, 0.6) is 0 Å². The van der Waals surface area contributed by atoms with E-state index in [1.54, 1.807) is 12.3 Å². The summed E-state index contributed by atoms with van der Waals surface area (Å²) in [5.74, 6) is 0.667. The minimum atomic E-state index is -0.138.